The molecular weight excluding hydrogens is 404 g/mol. The van der Waals surface area contributed by atoms with Crippen molar-refractivity contribution in [1.82, 2.24) is 5.43 Å². The lowest BCUT2D eigenvalue weighted by molar-refractivity contribution is -0.384. The van der Waals surface area contributed by atoms with Gasteiger partial charge in [-0.15, -0.1) is 11.3 Å². The number of hydrazine groups is 1. The summed E-state index contributed by atoms with van der Waals surface area (Å²) < 4.78 is 0. The molecule has 0 radical (unpaired) electrons. The van der Waals surface area contributed by atoms with Crippen LogP contribution in [-0.4, -0.2) is 16.7 Å². The van der Waals surface area contributed by atoms with E-state index in [1.165, 1.54) is 35.6 Å². The highest BCUT2D eigenvalue weighted by Crippen LogP contribution is 2.22. The van der Waals surface area contributed by atoms with E-state index in [1.54, 1.807) is 35.7 Å². The second kappa shape index (κ2) is 8.51. The highest BCUT2D eigenvalue weighted by molar-refractivity contribution is 7.12. The zero-order valence-corrected chi connectivity index (χ0v) is 15.7. The van der Waals surface area contributed by atoms with Gasteiger partial charge in [0.25, 0.3) is 17.5 Å². The predicted molar refractivity (Wildman–Crippen MR) is 108 cm³/mol. The maximum Gasteiger partial charge on any atom is 0.281 e. The molecule has 0 fully saturated rings. The number of carbonyl (C=O) groups excluding carboxylic acids is 2. The molecule has 0 aliphatic heterocycles. The van der Waals surface area contributed by atoms with E-state index in [0.717, 1.165) is 0 Å². The summed E-state index contributed by atoms with van der Waals surface area (Å²) in [6, 6.07) is 13.6. The molecule has 0 saturated carbocycles. The number of non-ortho nitro benzene ring substituents is 1. The Morgan fingerprint density at radius 3 is 2.14 bits per heavy atom. The van der Waals surface area contributed by atoms with Crippen molar-refractivity contribution in [2.45, 2.75) is 0 Å². The summed E-state index contributed by atoms with van der Waals surface area (Å²) in [6.45, 7) is 0. The number of thiophene rings is 1. The van der Waals surface area contributed by atoms with Crippen molar-refractivity contribution in [2.24, 2.45) is 0 Å². The molecule has 0 spiro atoms. The molecule has 0 aliphatic carbocycles. The smallest absolute Gasteiger partial charge is 0.281 e. The fraction of sp³-hybridized carbons (Fsp3) is 0. The molecule has 0 aliphatic rings. The first-order valence-electron chi connectivity index (χ1n) is 7.89. The van der Waals surface area contributed by atoms with Gasteiger partial charge in [-0.05, 0) is 47.8 Å². The number of anilines is 2. The molecule has 1 heterocycles. The summed E-state index contributed by atoms with van der Waals surface area (Å²) in [5.41, 5.74) is 6.65. The van der Waals surface area contributed by atoms with Crippen LogP contribution < -0.4 is 16.2 Å². The van der Waals surface area contributed by atoms with Crippen molar-refractivity contribution in [3.05, 3.63) is 85.6 Å². The van der Waals surface area contributed by atoms with Gasteiger partial charge < -0.3 is 5.32 Å². The SMILES string of the molecule is O=C(Nc1ccc(NNC(=O)c2sccc2Cl)cc1)c1ccc([N+](=O)[O-])cc1. The molecule has 0 unspecified atom stereocenters. The Hall–Kier alpha value is -3.43. The van der Waals surface area contributed by atoms with Crippen molar-refractivity contribution in [3.63, 3.8) is 0 Å². The number of amides is 2. The van der Waals surface area contributed by atoms with Gasteiger partial charge in [0.1, 0.15) is 4.88 Å². The van der Waals surface area contributed by atoms with Gasteiger partial charge >= 0.3 is 0 Å². The first-order valence-corrected chi connectivity index (χ1v) is 9.15. The van der Waals surface area contributed by atoms with E-state index in [1.807, 2.05) is 0 Å². The Bertz CT molecular complexity index is 1020. The number of benzene rings is 2. The van der Waals surface area contributed by atoms with E-state index < -0.39 is 10.8 Å². The van der Waals surface area contributed by atoms with Crippen LogP contribution in [0.1, 0.15) is 20.0 Å². The van der Waals surface area contributed by atoms with Crippen LogP contribution in [0.2, 0.25) is 5.02 Å². The van der Waals surface area contributed by atoms with E-state index in [4.69, 9.17) is 11.6 Å². The zero-order valence-electron chi connectivity index (χ0n) is 14.1. The minimum Gasteiger partial charge on any atom is -0.322 e. The highest BCUT2D eigenvalue weighted by Gasteiger charge is 2.12. The molecule has 142 valence electrons. The Balaban J connectivity index is 1.56. The average Bonchev–Trinajstić information content (AvgIpc) is 3.13. The Morgan fingerprint density at radius 2 is 1.57 bits per heavy atom. The number of hydrogen-bond donors (Lipinski definition) is 3. The summed E-state index contributed by atoms with van der Waals surface area (Å²) in [5.74, 6) is -0.744. The summed E-state index contributed by atoms with van der Waals surface area (Å²) in [4.78, 5) is 34.7. The molecule has 28 heavy (non-hydrogen) atoms. The van der Waals surface area contributed by atoms with E-state index in [9.17, 15) is 19.7 Å². The lowest BCUT2D eigenvalue weighted by Crippen LogP contribution is -2.28. The van der Waals surface area contributed by atoms with Crippen LogP contribution in [0, 0.1) is 10.1 Å². The second-order valence-corrected chi connectivity index (χ2v) is 6.84. The number of nitro benzene ring substituents is 1. The number of halogens is 1. The maximum atomic E-state index is 12.2. The van der Waals surface area contributed by atoms with Gasteiger partial charge in [-0.2, -0.15) is 0 Å². The van der Waals surface area contributed by atoms with Crippen LogP contribution in [-0.2, 0) is 0 Å². The summed E-state index contributed by atoms with van der Waals surface area (Å²) >= 11 is 7.14. The van der Waals surface area contributed by atoms with Gasteiger partial charge in [-0.25, -0.2) is 0 Å². The molecule has 3 rings (SSSR count). The summed E-state index contributed by atoms with van der Waals surface area (Å²) in [6.07, 6.45) is 0. The number of rotatable bonds is 6. The van der Waals surface area contributed by atoms with E-state index in [0.29, 0.717) is 26.8 Å². The summed E-state index contributed by atoms with van der Waals surface area (Å²) in [5, 5.41) is 15.4. The average molecular weight is 417 g/mol. The normalized spacial score (nSPS) is 10.2. The minimum atomic E-state index is -0.529. The van der Waals surface area contributed by atoms with Gasteiger partial charge in [0.15, 0.2) is 0 Å². The molecule has 2 amide bonds. The third-order valence-electron chi connectivity index (χ3n) is 3.63. The number of nitro groups is 1. The van der Waals surface area contributed by atoms with Crippen LogP contribution in [0.3, 0.4) is 0 Å². The molecular formula is C18H13ClN4O4S. The monoisotopic (exact) mass is 416 g/mol. The van der Waals surface area contributed by atoms with Crippen LogP contribution in [0.15, 0.2) is 60.0 Å². The second-order valence-electron chi connectivity index (χ2n) is 5.51. The topological polar surface area (TPSA) is 113 Å². The molecule has 8 nitrogen and oxygen atoms in total. The maximum absolute atomic E-state index is 12.2. The third kappa shape index (κ3) is 4.64. The van der Waals surface area contributed by atoms with Gasteiger partial charge in [-0.1, -0.05) is 11.6 Å². The first kappa shape index (κ1) is 19.3. The molecule has 2 aromatic carbocycles. The molecule has 3 N–H and O–H groups in total. The van der Waals surface area contributed by atoms with Crippen LogP contribution in [0.4, 0.5) is 17.1 Å². The quantitative estimate of drug-likeness (QED) is 0.409. The Kier molecular flexibility index (Phi) is 5.87. The fourth-order valence-electron chi connectivity index (χ4n) is 2.22. The molecule has 3 aromatic rings. The van der Waals surface area contributed by atoms with Crippen molar-refractivity contribution >= 4 is 51.8 Å². The number of nitrogens with zero attached hydrogens (tertiary/aromatic N) is 1. The van der Waals surface area contributed by atoms with Gasteiger partial charge in [-0.3, -0.25) is 30.6 Å². The third-order valence-corrected chi connectivity index (χ3v) is 4.97. The predicted octanol–water partition coefficient (Wildman–Crippen LogP) is 4.32. The van der Waals surface area contributed by atoms with Crippen LogP contribution in [0.25, 0.3) is 0 Å². The van der Waals surface area contributed by atoms with E-state index in [-0.39, 0.29) is 11.6 Å². The van der Waals surface area contributed by atoms with Gasteiger partial charge in [0.05, 0.1) is 15.6 Å². The Labute approximate surface area is 168 Å². The first-order chi connectivity index (χ1) is 13.4. The van der Waals surface area contributed by atoms with Gasteiger partial charge in [0.2, 0.25) is 0 Å². The standard InChI is InChI=1S/C18H13ClN4O4S/c19-15-9-10-28-16(15)18(25)22-21-13-5-3-12(4-6-13)20-17(24)11-1-7-14(8-2-11)23(26)27/h1-10,21H,(H,20,24)(H,22,25). The summed E-state index contributed by atoms with van der Waals surface area (Å²) in [7, 11) is 0. The minimum absolute atomic E-state index is 0.0853. The lowest BCUT2D eigenvalue weighted by atomic mass is 10.2. The molecule has 1 aromatic heterocycles. The lowest BCUT2D eigenvalue weighted by Gasteiger charge is -2.09. The van der Waals surface area contributed by atoms with Crippen molar-refractivity contribution in [3.8, 4) is 0 Å². The largest absolute Gasteiger partial charge is 0.322 e. The fourth-order valence-corrected chi connectivity index (χ4v) is 3.25. The van der Waals surface area contributed by atoms with Crippen LogP contribution >= 0.6 is 22.9 Å². The number of hydrogen-bond acceptors (Lipinski definition) is 6. The number of nitrogens with one attached hydrogen (secondary N) is 3. The number of carbonyl (C=O) groups is 2. The van der Waals surface area contributed by atoms with Crippen molar-refractivity contribution in [2.75, 3.05) is 10.7 Å². The van der Waals surface area contributed by atoms with E-state index >= 15 is 0 Å². The van der Waals surface area contributed by atoms with Crippen LogP contribution in [0.5, 0.6) is 0 Å². The van der Waals surface area contributed by atoms with Crippen molar-refractivity contribution in [1.29, 1.82) is 0 Å². The zero-order chi connectivity index (χ0) is 20.1. The van der Waals surface area contributed by atoms with Gasteiger partial charge in [0, 0.05) is 23.4 Å². The molecule has 10 heteroatoms. The molecule has 0 atom stereocenters. The molecule has 0 bridgehead atoms. The Morgan fingerprint density at radius 1 is 0.929 bits per heavy atom. The highest BCUT2D eigenvalue weighted by atomic mass is 35.5. The molecule has 0 saturated heterocycles. The van der Waals surface area contributed by atoms with E-state index in [2.05, 4.69) is 16.2 Å². The van der Waals surface area contributed by atoms with Crippen molar-refractivity contribution < 1.29 is 14.5 Å².